The monoisotopic (exact) mass is 707 g/mol. The third-order valence-corrected chi connectivity index (χ3v) is 4.80. The van der Waals surface area contributed by atoms with Crippen molar-refractivity contribution >= 4 is 16.1 Å². The third kappa shape index (κ3) is 13.1. The van der Waals surface area contributed by atoms with E-state index < -0.39 is 27.8 Å². The van der Waals surface area contributed by atoms with Gasteiger partial charge >= 0.3 is 5.97 Å². The molecule has 0 aromatic heterocycles. The number of ether oxygens (including phenoxy) is 3. The van der Waals surface area contributed by atoms with E-state index in [2.05, 4.69) is 0 Å². The minimum atomic E-state index is -3.41. The van der Waals surface area contributed by atoms with Crippen LogP contribution in [0, 0.1) is 44.1 Å². The molecule has 34 heavy (non-hydrogen) atoms. The fourth-order valence-electron chi connectivity index (χ4n) is 2.70. The second-order valence-corrected chi connectivity index (χ2v) is 10.2. The summed E-state index contributed by atoms with van der Waals surface area (Å²) in [5, 5.41) is 10.1. The Kier molecular flexibility index (Phi) is 13.1. The predicted octanol–water partition coefficient (Wildman–Crippen LogP) is 3.37. The maximum Gasteiger partial charge on any atom is 0.338 e. The molecule has 2 rings (SSSR count). The van der Waals surface area contributed by atoms with E-state index in [0.717, 1.165) is 11.8 Å². The molecule has 1 N–H and O–H groups in total. The fourth-order valence-corrected chi connectivity index (χ4v) is 3.12. The predicted molar refractivity (Wildman–Crippen MR) is 124 cm³/mol. The maximum absolute atomic E-state index is 12.0. The molecule has 0 saturated heterocycles. The first-order valence-electron chi connectivity index (χ1n) is 10.6. The van der Waals surface area contributed by atoms with Crippen LogP contribution in [-0.2, 0) is 25.5 Å². The van der Waals surface area contributed by atoms with Crippen molar-refractivity contribution in [2.75, 3.05) is 26.1 Å². The largest absolute Gasteiger partial charge is 0.491 e. The van der Waals surface area contributed by atoms with Crippen LogP contribution >= 0.6 is 0 Å². The van der Waals surface area contributed by atoms with Crippen LogP contribution in [0.2, 0.25) is 0 Å². The number of carbonyl (C=O) groups is 1. The minimum absolute atomic E-state index is 0. The molecule has 0 aliphatic heterocycles. The molecule has 1 radical (unpaired) electrons. The van der Waals surface area contributed by atoms with Crippen molar-refractivity contribution in [3.8, 4) is 11.5 Å². The van der Waals surface area contributed by atoms with Crippen molar-refractivity contribution in [2.24, 2.45) is 0 Å². The maximum atomic E-state index is 12.0. The Labute approximate surface area is 237 Å². The molecular formula is C24H32AcO8S. The van der Waals surface area contributed by atoms with Crippen molar-refractivity contribution in [3.05, 3.63) is 59.7 Å². The van der Waals surface area contributed by atoms with Crippen molar-refractivity contribution in [1.82, 2.24) is 0 Å². The first kappa shape index (κ1) is 30.9. The zero-order valence-corrected chi connectivity index (χ0v) is 25.6. The van der Waals surface area contributed by atoms with E-state index in [-0.39, 0.29) is 63.9 Å². The molecule has 2 aromatic rings. The molecule has 1 atom stereocenters. The number of hydrogen-bond donors (Lipinski definition) is 1. The standard InChI is InChI=1S/C24H32O8S.Ac/c1-24(2,3)32-23(26)19-9-13-22(14-10-19)30-17-20(25)16-29-21-11-7-18(8-12-21)6-5-15-31-33(4,27)28;/h7-14,20,25H,5-6,15-17H2,1-4H3;. The molecule has 1 unspecified atom stereocenters. The van der Waals surface area contributed by atoms with Crippen LogP contribution in [0.25, 0.3) is 0 Å². The van der Waals surface area contributed by atoms with Gasteiger partial charge in [0, 0.05) is 44.1 Å². The molecule has 10 heteroatoms. The van der Waals surface area contributed by atoms with Gasteiger partial charge in [0.2, 0.25) is 0 Å². The van der Waals surface area contributed by atoms with Gasteiger partial charge in [-0.05, 0) is 75.6 Å². The van der Waals surface area contributed by atoms with Gasteiger partial charge in [0.05, 0.1) is 18.4 Å². The van der Waals surface area contributed by atoms with E-state index >= 15 is 0 Å². The van der Waals surface area contributed by atoms with Gasteiger partial charge in [-0.1, -0.05) is 12.1 Å². The molecule has 0 amide bonds. The number of aliphatic hydroxyl groups is 1. The van der Waals surface area contributed by atoms with E-state index in [9.17, 15) is 18.3 Å². The summed E-state index contributed by atoms with van der Waals surface area (Å²) >= 11 is 0. The van der Waals surface area contributed by atoms with Crippen molar-refractivity contribution < 1.29 is 80.8 Å². The summed E-state index contributed by atoms with van der Waals surface area (Å²) in [6.45, 7) is 5.65. The third-order valence-electron chi connectivity index (χ3n) is 4.20. The van der Waals surface area contributed by atoms with Gasteiger partial charge in [-0.15, -0.1) is 0 Å². The first-order valence-corrected chi connectivity index (χ1v) is 12.4. The minimum Gasteiger partial charge on any atom is -0.491 e. The second-order valence-electron chi connectivity index (χ2n) is 8.58. The Morgan fingerprint density at radius 3 is 1.91 bits per heavy atom. The summed E-state index contributed by atoms with van der Waals surface area (Å²) in [6.07, 6.45) is 1.45. The van der Waals surface area contributed by atoms with Crippen LogP contribution in [0.3, 0.4) is 0 Å². The Bertz CT molecular complexity index is 983. The van der Waals surface area contributed by atoms with E-state index in [4.69, 9.17) is 18.4 Å². The van der Waals surface area contributed by atoms with Gasteiger partial charge in [0.25, 0.3) is 10.1 Å². The summed E-state index contributed by atoms with van der Waals surface area (Å²) in [7, 11) is -3.41. The van der Waals surface area contributed by atoms with Gasteiger partial charge < -0.3 is 19.3 Å². The summed E-state index contributed by atoms with van der Waals surface area (Å²) in [4.78, 5) is 12.0. The topological polar surface area (TPSA) is 108 Å². The Hall–Kier alpha value is -1.18. The number of aryl methyl sites for hydroxylation is 1. The SMILES string of the molecule is CC(C)(C)OC(=O)c1ccc(OCC(O)COc2ccc(CCCOS(C)(=O)=O)cc2)cc1.[Ac]. The van der Waals surface area contributed by atoms with Gasteiger partial charge in [0.1, 0.15) is 36.4 Å². The van der Waals surface area contributed by atoms with Crippen LogP contribution < -0.4 is 9.47 Å². The van der Waals surface area contributed by atoms with Crippen LogP contribution in [0.4, 0.5) is 0 Å². The number of aliphatic hydroxyl groups excluding tert-OH is 1. The quantitative estimate of drug-likeness (QED) is 0.204. The molecule has 0 bridgehead atoms. The van der Waals surface area contributed by atoms with E-state index in [1.165, 1.54) is 0 Å². The van der Waals surface area contributed by atoms with Gasteiger partial charge in [-0.25, -0.2) is 4.79 Å². The summed E-state index contributed by atoms with van der Waals surface area (Å²) in [6, 6.07) is 13.8. The van der Waals surface area contributed by atoms with Crippen LogP contribution in [0.1, 0.15) is 43.1 Å². The Balaban J connectivity index is 0.00000578. The van der Waals surface area contributed by atoms with Gasteiger partial charge in [-0.3, -0.25) is 4.18 Å². The molecular weight excluding hydrogens is 675 g/mol. The van der Waals surface area contributed by atoms with Crippen LogP contribution in [0.15, 0.2) is 48.5 Å². The van der Waals surface area contributed by atoms with E-state index in [1.807, 2.05) is 12.1 Å². The number of rotatable bonds is 12. The molecule has 0 saturated carbocycles. The average molecular weight is 708 g/mol. The first-order chi connectivity index (χ1) is 15.4. The van der Waals surface area contributed by atoms with E-state index in [0.29, 0.717) is 29.9 Å². The molecule has 0 heterocycles. The molecule has 0 aliphatic carbocycles. The number of hydrogen-bond acceptors (Lipinski definition) is 8. The van der Waals surface area contributed by atoms with Crippen molar-refractivity contribution in [1.29, 1.82) is 0 Å². The van der Waals surface area contributed by atoms with E-state index in [1.54, 1.807) is 57.2 Å². The van der Waals surface area contributed by atoms with Crippen LogP contribution in [0.5, 0.6) is 11.5 Å². The Morgan fingerprint density at radius 2 is 1.44 bits per heavy atom. The van der Waals surface area contributed by atoms with Gasteiger partial charge in [-0.2, -0.15) is 8.42 Å². The van der Waals surface area contributed by atoms with Crippen molar-refractivity contribution in [2.45, 2.75) is 45.3 Å². The molecule has 185 valence electrons. The molecule has 0 fully saturated rings. The summed E-state index contributed by atoms with van der Waals surface area (Å²) in [5.74, 6) is 0.716. The Morgan fingerprint density at radius 1 is 0.941 bits per heavy atom. The molecule has 8 nitrogen and oxygen atoms in total. The summed E-state index contributed by atoms with van der Waals surface area (Å²) < 4.78 is 43.0. The zero-order valence-electron chi connectivity index (χ0n) is 20.0. The zero-order chi connectivity index (χ0) is 24.5. The average Bonchev–Trinajstić information content (AvgIpc) is 2.73. The number of carbonyl (C=O) groups excluding carboxylic acids is 1. The fraction of sp³-hybridized carbons (Fsp3) is 0.458. The summed E-state index contributed by atoms with van der Waals surface area (Å²) in [5.41, 5.74) is 0.886. The van der Waals surface area contributed by atoms with Gasteiger partial charge in [0.15, 0.2) is 0 Å². The molecule has 2 aromatic carbocycles. The molecule has 0 aliphatic rings. The number of benzene rings is 2. The second kappa shape index (κ2) is 14.4. The molecule has 0 spiro atoms. The smallest absolute Gasteiger partial charge is 0.338 e. The van der Waals surface area contributed by atoms with Crippen molar-refractivity contribution in [3.63, 3.8) is 0 Å². The number of esters is 1. The van der Waals surface area contributed by atoms with Crippen LogP contribution in [-0.4, -0.2) is 57.3 Å². The normalized spacial score (nSPS) is 12.4.